The van der Waals surface area contributed by atoms with E-state index < -0.39 is 10.0 Å². The molecule has 0 atom stereocenters. The van der Waals surface area contributed by atoms with E-state index in [4.69, 9.17) is 11.6 Å². The van der Waals surface area contributed by atoms with Crippen molar-refractivity contribution in [1.82, 2.24) is 9.61 Å². The van der Waals surface area contributed by atoms with Gasteiger partial charge in [0.25, 0.3) is 10.0 Å². The van der Waals surface area contributed by atoms with Gasteiger partial charge in [-0.3, -0.25) is 4.72 Å². The van der Waals surface area contributed by atoms with Crippen molar-refractivity contribution in [2.24, 2.45) is 0 Å². The highest BCUT2D eigenvalue weighted by Gasteiger charge is 2.20. The molecular weight excluding hydrogens is 461 g/mol. The highest BCUT2D eigenvalue weighted by atomic mass is 35.5. The number of nitrogens with zero attached hydrogens (tertiary/aromatic N) is 2. The summed E-state index contributed by atoms with van der Waals surface area (Å²) >= 11 is 6.36. The molecule has 1 N–H and O–H groups in total. The molecule has 0 aliphatic heterocycles. The van der Waals surface area contributed by atoms with Crippen molar-refractivity contribution >= 4 is 38.5 Å². The normalized spacial score (nSPS) is 15.1. The maximum absolute atomic E-state index is 14.1. The van der Waals surface area contributed by atoms with Crippen LogP contribution in [-0.4, -0.2) is 18.0 Å². The Morgan fingerprint density at radius 3 is 2.52 bits per heavy atom. The minimum atomic E-state index is -3.86. The Bertz CT molecular complexity index is 1400. The number of hydrogen-bond acceptors (Lipinski definition) is 3. The minimum absolute atomic E-state index is 0.0844. The van der Waals surface area contributed by atoms with Crippen LogP contribution in [0, 0.1) is 0 Å². The van der Waals surface area contributed by atoms with Crippen molar-refractivity contribution in [3.63, 3.8) is 0 Å². The highest BCUT2D eigenvalue weighted by Crippen LogP contribution is 2.29. The number of pyridine rings is 1. The maximum atomic E-state index is 14.1. The van der Waals surface area contributed by atoms with Crippen molar-refractivity contribution in [3.05, 3.63) is 88.9 Å². The molecule has 0 saturated carbocycles. The Kier molecular flexibility index (Phi) is 6.20. The number of nitrogens with one attached hydrogen (secondary N) is 1. The molecule has 8 heteroatoms. The second-order valence-corrected chi connectivity index (χ2v) is 11.0. The Labute approximate surface area is 198 Å². The summed E-state index contributed by atoms with van der Waals surface area (Å²) in [5.41, 5.74) is 2.59. The molecular formula is C25H25ClFN3O2S. The van der Waals surface area contributed by atoms with Gasteiger partial charge in [0.15, 0.2) is 0 Å². The van der Waals surface area contributed by atoms with Crippen LogP contribution < -0.4 is 4.72 Å². The topological polar surface area (TPSA) is 63.5 Å². The first-order valence-corrected chi connectivity index (χ1v) is 12.5. The molecule has 3 aromatic rings. The standard InChI is InChI=1S/C25H25ClFN3O2S/c1-25(2,3)18-9-11-20(12-10-18)33(31,32)29-24-14-13-21(26)23-16-22(28-30(23)24)17-7-5-4-6-8-19(27)15-17/h6-16,29H,4-5H2,1-3H3. The molecule has 2 aromatic heterocycles. The summed E-state index contributed by atoms with van der Waals surface area (Å²) in [6.07, 6.45) is 7.98. The average Bonchev–Trinajstić information content (AvgIpc) is 3.19. The van der Waals surface area contributed by atoms with Gasteiger partial charge in [-0.15, -0.1) is 0 Å². The summed E-state index contributed by atoms with van der Waals surface area (Å²) in [6.45, 7) is 6.20. The quantitative estimate of drug-likeness (QED) is 0.448. The smallest absolute Gasteiger partial charge is 0.263 e. The predicted molar refractivity (Wildman–Crippen MR) is 132 cm³/mol. The van der Waals surface area contributed by atoms with Crippen molar-refractivity contribution in [3.8, 4) is 0 Å². The van der Waals surface area contributed by atoms with E-state index in [1.54, 1.807) is 36.4 Å². The number of benzene rings is 1. The van der Waals surface area contributed by atoms with Gasteiger partial charge >= 0.3 is 0 Å². The van der Waals surface area contributed by atoms with Crippen LogP contribution in [0.1, 0.15) is 44.9 Å². The first-order valence-electron chi connectivity index (χ1n) is 10.6. The Morgan fingerprint density at radius 2 is 1.82 bits per heavy atom. The second kappa shape index (κ2) is 8.80. The van der Waals surface area contributed by atoms with Crippen LogP contribution >= 0.6 is 11.6 Å². The first-order chi connectivity index (χ1) is 15.5. The van der Waals surface area contributed by atoms with Crippen molar-refractivity contribution in [1.29, 1.82) is 0 Å². The monoisotopic (exact) mass is 485 g/mol. The summed E-state index contributed by atoms with van der Waals surface area (Å²) in [4.78, 5) is 0.144. The predicted octanol–water partition coefficient (Wildman–Crippen LogP) is 6.67. The Morgan fingerprint density at radius 1 is 1.09 bits per heavy atom. The lowest BCUT2D eigenvalue weighted by molar-refractivity contribution is 0.587. The molecule has 0 fully saturated rings. The number of anilines is 1. The zero-order valence-corrected chi connectivity index (χ0v) is 20.2. The lowest BCUT2D eigenvalue weighted by Gasteiger charge is -2.19. The van der Waals surface area contributed by atoms with Gasteiger partial charge in [-0.05, 0) is 66.3 Å². The van der Waals surface area contributed by atoms with Crippen LogP contribution in [0.15, 0.2) is 77.5 Å². The molecule has 0 spiro atoms. The molecule has 0 bridgehead atoms. The second-order valence-electron chi connectivity index (χ2n) is 8.94. The zero-order chi connectivity index (χ0) is 23.8. The van der Waals surface area contributed by atoms with Gasteiger partial charge in [0.05, 0.1) is 21.1 Å². The van der Waals surface area contributed by atoms with Crippen LogP contribution in [0.5, 0.6) is 0 Å². The summed E-state index contributed by atoms with van der Waals surface area (Å²) in [5.74, 6) is -0.139. The fourth-order valence-corrected chi connectivity index (χ4v) is 4.80. The van der Waals surface area contributed by atoms with Gasteiger partial charge in [0.2, 0.25) is 0 Å². The van der Waals surface area contributed by atoms with E-state index in [1.165, 1.54) is 16.7 Å². The van der Waals surface area contributed by atoms with Crippen LogP contribution in [0.25, 0.3) is 11.1 Å². The number of allylic oxidation sites excluding steroid dienone is 6. The molecule has 0 radical (unpaired) electrons. The molecule has 1 aromatic carbocycles. The average molecular weight is 486 g/mol. The first kappa shape index (κ1) is 23.3. The lowest BCUT2D eigenvalue weighted by atomic mass is 9.87. The summed E-state index contributed by atoms with van der Waals surface area (Å²) in [6, 6.07) is 11.7. The third kappa shape index (κ3) is 5.04. The summed E-state index contributed by atoms with van der Waals surface area (Å²) in [7, 11) is -3.86. The van der Waals surface area contributed by atoms with Crippen LogP contribution in [0.2, 0.25) is 5.02 Å². The molecule has 4 rings (SSSR count). The lowest BCUT2D eigenvalue weighted by Crippen LogP contribution is -2.16. The van der Waals surface area contributed by atoms with Crippen LogP contribution in [0.3, 0.4) is 0 Å². The molecule has 5 nitrogen and oxygen atoms in total. The zero-order valence-electron chi connectivity index (χ0n) is 18.6. The van der Waals surface area contributed by atoms with Gasteiger partial charge in [0, 0.05) is 5.57 Å². The molecule has 1 aliphatic rings. The Hall–Kier alpha value is -2.90. The third-order valence-electron chi connectivity index (χ3n) is 5.40. The summed E-state index contributed by atoms with van der Waals surface area (Å²) in [5, 5.41) is 4.93. The molecule has 2 heterocycles. The van der Waals surface area contributed by atoms with Gasteiger partial charge in [0.1, 0.15) is 11.6 Å². The Balaban J connectivity index is 1.72. The SMILES string of the molecule is CC(C)(C)c1ccc(S(=O)(=O)Nc2ccc(Cl)c3cc(C4=CCCC=CC(F)=C4)nn23)cc1. The molecule has 1 aliphatic carbocycles. The number of rotatable bonds is 4. The number of aromatic nitrogens is 2. The van der Waals surface area contributed by atoms with Gasteiger partial charge < -0.3 is 0 Å². The molecule has 0 saturated heterocycles. The van der Waals surface area contributed by atoms with E-state index in [-0.39, 0.29) is 22.0 Å². The van der Waals surface area contributed by atoms with E-state index in [2.05, 4.69) is 30.6 Å². The van der Waals surface area contributed by atoms with E-state index in [9.17, 15) is 12.8 Å². The van der Waals surface area contributed by atoms with Gasteiger partial charge in [-0.2, -0.15) is 5.10 Å². The van der Waals surface area contributed by atoms with Crippen molar-refractivity contribution < 1.29 is 12.8 Å². The van der Waals surface area contributed by atoms with Crippen molar-refractivity contribution in [2.75, 3.05) is 4.72 Å². The number of fused-ring (bicyclic) bond motifs is 1. The largest absolute Gasteiger partial charge is 0.263 e. The van der Waals surface area contributed by atoms with Gasteiger partial charge in [-0.25, -0.2) is 17.3 Å². The fraction of sp³-hybridized carbons (Fsp3) is 0.240. The van der Waals surface area contributed by atoms with Crippen molar-refractivity contribution in [2.45, 2.75) is 43.9 Å². The minimum Gasteiger partial charge on any atom is -0.263 e. The van der Waals surface area contributed by atoms with E-state index in [1.807, 2.05) is 18.2 Å². The van der Waals surface area contributed by atoms with E-state index >= 15 is 0 Å². The number of halogens is 2. The van der Waals surface area contributed by atoms with Crippen LogP contribution in [-0.2, 0) is 15.4 Å². The number of sulfonamides is 1. The van der Waals surface area contributed by atoms with E-state index in [0.29, 0.717) is 21.8 Å². The highest BCUT2D eigenvalue weighted by molar-refractivity contribution is 7.92. The third-order valence-corrected chi connectivity index (χ3v) is 7.09. The van der Waals surface area contributed by atoms with Gasteiger partial charge in [-0.1, -0.05) is 56.7 Å². The maximum Gasteiger partial charge on any atom is 0.263 e. The van der Waals surface area contributed by atoms with E-state index in [0.717, 1.165) is 18.4 Å². The molecule has 0 unspecified atom stereocenters. The van der Waals surface area contributed by atoms with Crippen LogP contribution in [0.4, 0.5) is 10.2 Å². The summed E-state index contributed by atoms with van der Waals surface area (Å²) < 4.78 is 44.2. The fourth-order valence-electron chi connectivity index (χ4n) is 3.56. The molecule has 172 valence electrons. The number of hydrogen-bond donors (Lipinski definition) is 1. The molecule has 33 heavy (non-hydrogen) atoms. The molecule has 0 amide bonds.